The summed E-state index contributed by atoms with van der Waals surface area (Å²) in [5.74, 6) is -0.906. The van der Waals surface area contributed by atoms with E-state index >= 15 is 0 Å². The Balaban J connectivity index is 1.30. The molecule has 1 heterocycles. The molecule has 51 heavy (non-hydrogen) atoms. The minimum Gasteiger partial charge on any atom is -0.505 e. The van der Waals surface area contributed by atoms with E-state index in [-0.39, 0.29) is 40.8 Å². The molecule has 0 spiro atoms. The van der Waals surface area contributed by atoms with Gasteiger partial charge in [-0.25, -0.2) is 17.8 Å². The summed E-state index contributed by atoms with van der Waals surface area (Å²) in [6, 6.07) is 30.9. The number of para-hydroxylation sites is 1. The lowest BCUT2D eigenvalue weighted by molar-refractivity contribution is 0.0722. The van der Waals surface area contributed by atoms with Gasteiger partial charge in [0.15, 0.2) is 10.8 Å². The number of amides is 1. The molecule has 0 aliphatic heterocycles. The number of hydrogen-bond acceptors (Lipinski definition) is 6. The van der Waals surface area contributed by atoms with E-state index in [4.69, 9.17) is 23.2 Å². The summed E-state index contributed by atoms with van der Waals surface area (Å²) in [7, 11) is -4.35. The molecule has 0 unspecified atom stereocenters. The summed E-state index contributed by atoms with van der Waals surface area (Å²) in [6.45, 7) is 4.78. The highest BCUT2D eigenvalue weighted by Gasteiger charge is 2.30. The maximum absolute atomic E-state index is 14.2. The molecule has 0 saturated heterocycles. The first-order valence-corrected chi connectivity index (χ1v) is 19.1. The Morgan fingerprint density at radius 1 is 0.824 bits per heavy atom. The van der Waals surface area contributed by atoms with E-state index in [0.29, 0.717) is 29.2 Å². The Morgan fingerprint density at radius 2 is 1.45 bits per heavy atom. The van der Waals surface area contributed by atoms with E-state index in [1.54, 1.807) is 29.2 Å². The highest BCUT2D eigenvalue weighted by atomic mass is 35.5. The second kappa shape index (κ2) is 15.5. The van der Waals surface area contributed by atoms with Gasteiger partial charge >= 0.3 is 0 Å². The highest BCUT2D eigenvalue weighted by molar-refractivity contribution is 7.89. The third-order valence-corrected chi connectivity index (χ3v) is 11.5. The first-order valence-electron chi connectivity index (χ1n) is 16.1. The molecule has 0 bridgehead atoms. The lowest BCUT2D eigenvalue weighted by Gasteiger charge is -2.25. The zero-order valence-corrected chi connectivity index (χ0v) is 30.9. The van der Waals surface area contributed by atoms with Crippen molar-refractivity contribution >= 4 is 60.7 Å². The first-order chi connectivity index (χ1) is 24.4. The molecule has 1 aromatic heterocycles. The van der Waals surface area contributed by atoms with Crippen molar-refractivity contribution in [3.8, 4) is 16.9 Å². The van der Waals surface area contributed by atoms with Crippen LogP contribution in [0.15, 0.2) is 114 Å². The summed E-state index contributed by atoms with van der Waals surface area (Å²) in [6.07, 6.45) is 0. The molecule has 262 valence electrons. The molecular formula is C39H34Cl2FN3O4S2. The Morgan fingerprint density at radius 3 is 2.12 bits per heavy atom. The minimum absolute atomic E-state index is 0.0462. The van der Waals surface area contributed by atoms with Crippen molar-refractivity contribution in [2.24, 2.45) is 5.92 Å². The van der Waals surface area contributed by atoms with Crippen molar-refractivity contribution in [1.29, 1.82) is 0 Å². The fraction of sp³-hybridized carbons (Fsp3) is 0.179. The third kappa shape index (κ3) is 8.60. The number of hydrogen-bond donors (Lipinski definition) is 1. The second-order valence-electron chi connectivity index (χ2n) is 12.6. The van der Waals surface area contributed by atoms with Crippen LogP contribution < -0.4 is 0 Å². The molecule has 6 aromatic rings. The Bertz CT molecular complexity index is 2260. The van der Waals surface area contributed by atoms with Gasteiger partial charge in [0, 0.05) is 31.2 Å². The molecule has 0 aliphatic carbocycles. The van der Waals surface area contributed by atoms with E-state index < -0.39 is 20.7 Å². The molecule has 5 aromatic carbocycles. The van der Waals surface area contributed by atoms with Crippen molar-refractivity contribution in [2.45, 2.75) is 38.4 Å². The van der Waals surface area contributed by atoms with Gasteiger partial charge < -0.3 is 10.0 Å². The molecule has 0 saturated carbocycles. The van der Waals surface area contributed by atoms with E-state index in [1.807, 2.05) is 74.5 Å². The third-order valence-electron chi connectivity index (χ3n) is 8.17. The smallest absolute Gasteiger partial charge is 0.283 e. The van der Waals surface area contributed by atoms with Gasteiger partial charge in [0.05, 0.1) is 15.2 Å². The van der Waals surface area contributed by atoms with E-state index in [0.717, 1.165) is 26.9 Å². The maximum atomic E-state index is 14.2. The number of aromatic nitrogens is 1. The van der Waals surface area contributed by atoms with Gasteiger partial charge in [0.25, 0.3) is 5.91 Å². The minimum atomic E-state index is -4.35. The normalized spacial score (nSPS) is 11.8. The van der Waals surface area contributed by atoms with Crippen molar-refractivity contribution in [1.82, 2.24) is 14.2 Å². The molecule has 6 rings (SSSR count). The fourth-order valence-electron chi connectivity index (χ4n) is 5.76. The number of rotatable bonds is 12. The summed E-state index contributed by atoms with van der Waals surface area (Å²) < 4.78 is 44.2. The average Bonchev–Trinajstić information content (AvgIpc) is 3.54. The van der Waals surface area contributed by atoms with Crippen LogP contribution in [0.2, 0.25) is 10.0 Å². The van der Waals surface area contributed by atoms with Crippen LogP contribution in [0.5, 0.6) is 5.75 Å². The van der Waals surface area contributed by atoms with E-state index in [9.17, 15) is 22.7 Å². The van der Waals surface area contributed by atoms with Gasteiger partial charge in [-0.3, -0.25) is 4.79 Å². The van der Waals surface area contributed by atoms with Crippen molar-refractivity contribution in [3.05, 3.63) is 147 Å². The van der Waals surface area contributed by atoms with Crippen LogP contribution in [0.25, 0.3) is 21.3 Å². The zero-order valence-electron chi connectivity index (χ0n) is 27.8. The number of carbonyl (C=O) groups is 1. The number of benzene rings is 5. The standard InChI is InChI=1S/C39H34Cl2FN3O4S2/c1-25(2)21-44(39(47)38-43-34-8-3-4-9-35(34)50-38)22-27-6-5-7-28(18-27)24-45(51(48,49)36-20-31(40)19-33(41)37(36)46)23-26-10-12-29(13-11-26)30-14-16-32(42)17-15-30/h3-20,25,46H,21-24H2,1-2H3. The highest BCUT2D eigenvalue weighted by Crippen LogP contribution is 2.37. The number of phenolic OH excluding ortho intramolecular Hbond substituents is 1. The molecule has 7 nitrogen and oxygen atoms in total. The number of carbonyl (C=O) groups excluding carboxylic acids is 1. The quantitative estimate of drug-likeness (QED) is 0.134. The molecule has 12 heteroatoms. The molecular weight excluding hydrogens is 728 g/mol. The Kier molecular flexibility index (Phi) is 11.1. The summed E-state index contributed by atoms with van der Waals surface area (Å²) >= 11 is 13.7. The topological polar surface area (TPSA) is 90.8 Å². The van der Waals surface area contributed by atoms with Crippen LogP contribution in [0.4, 0.5) is 4.39 Å². The number of fused-ring (bicyclic) bond motifs is 1. The van der Waals surface area contributed by atoms with Crippen molar-refractivity contribution < 1.29 is 22.7 Å². The molecule has 1 amide bonds. The number of phenols is 1. The van der Waals surface area contributed by atoms with Crippen LogP contribution in [0.3, 0.4) is 0 Å². The van der Waals surface area contributed by atoms with Crippen LogP contribution in [-0.2, 0) is 29.7 Å². The van der Waals surface area contributed by atoms with Gasteiger partial charge in [-0.15, -0.1) is 11.3 Å². The van der Waals surface area contributed by atoms with E-state index in [2.05, 4.69) is 4.98 Å². The van der Waals surface area contributed by atoms with Crippen LogP contribution in [0.1, 0.15) is 40.3 Å². The molecule has 0 radical (unpaired) electrons. The first kappa shape index (κ1) is 36.5. The number of halogens is 3. The monoisotopic (exact) mass is 761 g/mol. The van der Waals surface area contributed by atoms with Gasteiger partial charge in [-0.2, -0.15) is 4.31 Å². The number of aromatic hydroxyl groups is 1. The predicted octanol–water partition coefficient (Wildman–Crippen LogP) is 9.80. The molecule has 0 fully saturated rings. The van der Waals surface area contributed by atoms with Gasteiger partial charge in [0.2, 0.25) is 10.0 Å². The van der Waals surface area contributed by atoms with Crippen molar-refractivity contribution in [2.75, 3.05) is 6.54 Å². The van der Waals surface area contributed by atoms with E-state index in [1.165, 1.54) is 39.9 Å². The Hall–Kier alpha value is -4.32. The Labute approximate surface area is 310 Å². The molecule has 0 aliphatic rings. The summed E-state index contributed by atoms with van der Waals surface area (Å²) in [5.41, 5.74) is 4.59. The lowest BCUT2D eigenvalue weighted by atomic mass is 10.0. The van der Waals surface area contributed by atoms with Gasteiger partial charge in [0.1, 0.15) is 10.7 Å². The maximum Gasteiger partial charge on any atom is 0.283 e. The summed E-state index contributed by atoms with van der Waals surface area (Å²) in [4.78, 5) is 19.7. The van der Waals surface area contributed by atoms with Crippen LogP contribution >= 0.6 is 34.5 Å². The van der Waals surface area contributed by atoms with Crippen LogP contribution in [-0.4, -0.2) is 40.2 Å². The van der Waals surface area contributed by atoms with Crippen LogP contribution in [0, 0.1) is 11.7 Å². The molecule has 0 atom stereocenters. The number of nitrogens with zero attached hydrogens (tertiary/aromatic N) is 3. The van der Waals surface area contributed by atoms with Crippen molar-refractivity contribution in [3.63, 3.8) is 0 Å². The summed E-state index contributed by atoms with van der Waals surface area (Å²) in [5, 5.41) is 11.1. The number of thiazole rings is 1. The van der Waals surface area contributed by atoms with Gasteiger partial charge in [-0.05, 0) is 70.1 Å². The average molecular weight is 763 g/mol. The molecule has 1 N–H and O–H groups in total. The lowest BCUT2D eigenvalue weighted by Crippen LogP contribution is -2.34. The zero-order chi connectivity index (χ0) is 36.3. The fourth-order valence-corrected chi connectivity index (χ4v) is 8.86. The SMILES string of the molecule is CC(C)CN(Cc1cccc(CN(Cc2ccc(-c3ccc(F)cc3)cc2)S(=O)(=O)c2cc(Cl)cc(Cl)c2O)c1)C(=O)c1nc2ccccc2s1. The number of sulfonamides is 1. The van der Waals surface area contributed by atoms with Gasteiger partial charge in [-0.1, -0.05) is 110 Å². The second-order valence-corrected chi connectivity index (χ2v) is 16.4. The largest absolute Gasteiger partial charge is 0.505 e. The predicted molar refractivity (Wildman–Crippen MR) is 202 cm³/mol.